The fourth-order valence-corrected chi connectivity index (χ4v) is 4.44. The Morgan fingerprint density at radius 3 is 2.44 bits per heavy atom. The second-order valence-corrected chi connectivity index (χ2v) is 9.17. The van der Waals surface area contributed by atoms with Crippen molar-refractivity contribution in [3.63, 3.8) is 0 Å². The minimum absolute atomic E-state index is 0.130. The highest BCUT2D eigenvalue weighted by atomic mass is 19.1. The number of benzene rings is 3. The van der Waals surface area contributed by atoms with Crippen LogP contribution in [0.15, 0.2) is 66.7 Å². The van der Waals surface area contributed by atoms with Gasteiger partial charge in [-0.1, -0.05) is 18.2 Å². The first kappa shape index (κ1) is 27.7. The number of hydrogen-bond acceptors (Lipinski definition) is 5. The van der Waals surface area contributed by atoms with Crippen LogP contribution in [0.25, 0.3) is 0 Å². The summed E-state index contributed by atoms with van der Waals surface area (Å²) >= 11 is 0. The molecule has 0 bridgehead atoms. The molecule has 0 spiro atoms. The standard InChI is InChI=1S/C29H30F2N4O4/c1-39-19-27(36)33-24-10-11-26(25(17-24)28(37)32-18-20-6-8-22(30)9-7-20)34-12-3-13-35(15-14-34)29(38)21-4-2-5-23(31)16-21/h2,4-11,16-17H,3,12-15,18-19H2,1H3,(H,32,37)(H,33,36). The summed E-state index contributed by atoms with van der Waals surface area (Å²) < 4.78 is 31.8. The molecule has 3 aromatic rings. The lowest BCUT2D eigenvalue weighted by Gasteiger charge is -2.26. The summed E-state index contributed by atoms with van der Waals surface area (Å²) in [5, 5.41) is 5.58. The molecular weight excluding hydrogens is 506 g/mol. The van der Waals surface area contributed by atoms with E-state index in [1.165, 1.54) is 37.4 Å². The molecule has 1 fully saturated rings. The molecule has 1 saturated heterocycles. The van der Waals surface area contributed by atoms with E-state index in [0.717, 1.165) is 5.56 Å². The zero-order chi connectivity index (χ0) is 27.8. The molecule has 0 unspecified atom stereocenters. The second kappa shape index (κ2) is 13.0. The third-order valence-electron chi connectivity index (χ3n) is 6.36. The fraction of sp³-hybridized carbons (Fsp3) is 0.276. The Labute approximate surface area is 225 Å². The topological polar surface area (TPSA) is 91.0 Å². The number of nitrogens with zero attached hydrogens (tertiary/aromatic N) is 2. The molecule has 8 nitrogen and oxygen atoms in total. The molecule has 3 amide bonds. The number of methoxy groups -OCH3 is 1. The normalized spacial score (nSPS) is 13.5. The van der Waals surface area contributed by atoms with Crippen molar-refractivity contribution in [2.45, 2.75) is 13.0 Å². The maximum Gasteiger partial charge on any atom is 0.254 e. The molecule has 1 aliphatic rings. The van der Waals surface area contributed by atoms with Gasteiger partial charge in [-0.15, -0.1) is 0 Å². The molecule has 1 aliphatic heterocycles. The van der Waals surface area contributed by atoms with Gasteiger partial charge in [0.05, 0.1) is 5.56 Å². The monoisotopic (exact) mass is 536 g/mol. The van der Waals surface area contributed by atoms with Crippen molar-refractivity contribution >= 4 is 29.1 Å². The quantitative estimate of drug-likeness (QED) is 0.457. The summed E-state index contributed by atoms with van der Waals surface area (Å²) in [6, 6.07) is 16.5. The summed E-state index contributed by atoms with van der Waals surface area (Å²) in [5.74, 6) is -1.80. The molecule has 0 saturated carbocycles. The minimum Gasteiger partial charge on any atom is -0.375 e. The van der Waals surface area contributed by atoms with Crippen LogP contribution in [0.1, 0.15) is 32.7 Å². The number of halogens is 2. The first-order valence-corrected chi connectivity index (χ1v) is 12.6. The largest absolute Gasteiger partial charge is 0.375 e. The van der Waals surface area contributed by atoms with E-state index in [-0.39, 0.29) is 36.7 Å². The molecule has 0 atom stereocenters. The van der Waals surface area contributed by atoms with Gasteiger partial charge in [0.15, 0.2) is 0 Å². The van der Waals surface area contributed by atoms with Crippen LogP contribution in [0.3, 0.4) is 0 Å². The highest BCUT2D eigenvalue weighted by molar-refractivity contribution is 6.02. The SMILES string of the molecule is COCC(=O)Nc1ccc(N2CCCN(C(=O)c3cccc(F)c3)CC2)c(C(=O)NCc2ccc(F)cc2)c1. The van der Waals surface area contributed by atoms with E-state index in [1.807, 2.05) is 4.90 Å². The molecule has 10 heteroatoms. The zero-order valence-corrected chi connectivity index (χ0v) is 21.6. The summed E-state index contributed by atoms with van der Waals surface area (Å²) in [5.41, 5.74) is 2.46. The molecule has 2 N–H and O–H groups in total. The first-order valence-electron chi connectivity index (χ1n) is 12.6. The van der Waals surface area contributed by atoms with Crippen LogP contribution < -0.4 is 15.5 Å². The average molecular weight is 537 g/mol. The molecule has 3 aromatic carbocycles. The van der Waals surface area contributed by atoms with Crippen molar-refractivity contribution < 1.29 is 27.9 Å². The predicted octanol–water partition coefficient (Wildman–Crippen LogP) is 3.83. The van der Waals surface area contributed by atoms with Crippen molar-refractivity contribution in [2.75, 3.05) is 50.1 Å². The number of hydrogen-bond donors (Lipinski definition) is 2. The van der Waals surface area contributed by atoms with Gasteiger partial charge >= 0.3 is 0 Å². The van der Waals surface area contributed by atoms with E-state index >= 15 is 0 Å². The number of rotatable bonds is 8. The summed E-state index contributed by atoms with van der Waals surface area (Å²) in [6.07, 6.45) is 0.643. The Hall–Kier alpha value is -4.31. The fourth-order valence-electron chi connectivity index (χ4n) is 4.44. The van der Waals surface area contributed by atoms with Crippen molar-refractivity contribution in [1.29, 1.82) is 0 Å². The third-order valence-corrected chi connectivity index (χ3v) is 6.36. The van der Waals surface area contributed by atoms with Gasteiger partial charge in [0, 0.05) is 56.8 Å². The molecule has 0 radical (unpaired) electrons. The average Bonchev–Trinajstić information content (AvgIpc) is 3.18. The van der Waals surface area contributed by atoms with Crippen molar-refractivity contribution in [2.24, 2.45) is 0 Å². The summed E-state index contributed by atoms with van der Waals surface area (Å²) in [7, 11) is 1.42. The third kappa shape index (κ3) is 7.38. The van der Waals surface area contributed by atoms with Crippen LogP contribution in [-0.4, -0.2) is 62.5 Å². The molecule has 4 rings (SSSR count). The lowest BCUT2D eigenvalue weighted by Crippen LogP contribution is -2.36. The van der Waals surface area contributed by atoms with Gasteiger partial charge < -0.3 is 25.2 Å². The molecule has 204 valence electrons. The van der Waals surface area contributed by atoms with E-state index in [1.54, 1.807) is 41.3 Å². The van der Waals surface area contributed by atoms with Crippen LogP contribution >= 0.6 is 0 Å². The van der Waals surface area contributed by atoms with Gasteiger partial charge in [-0.3, -0.25) is 14.4 Å². The van der Waals surface area contributed by atoms with E-state index in [2.05, 4.69) is 10.6 Å². The minimum atomic E-state index is -0.466. The smallest absolute Gasteiger partial charge is 0.254 e. The Morgan fingerprint density at radius 1 is 0.897 bits per heavy atom. The number of carbonyl (C=O) groups excluding carboxylic acids is 3. The highest BCUT2D eigenvalue weighted by Crippen LogP contribution is 2.26. The van der Waals surface area contributed by atoms with Gasteiger partial charge in [0.25, 0.3) is 11.8 Å². The van der Waals surface area contributed by atoms with Crippen LogP contribution in [0.4, 0.5) is 20.2 Å². The van der Waals surface area contributed by atoms with Gasteiger partial charge in [-0.25, -0.2) is 8.78 Å². The van der Waals surface area contributed by atoms with E-state index in [4.69, 9.17) is 4.74 Å². The lowest BCUT2D eigenvalue weighted by atomic mass is 10.1. The van der Waals surface area contributed by atoms with Gasteiger partial charge in [0.1, 0.15) is 18.2 Å². The number of nitrogens with one attached hydrogen (secondary N) is 2. The Bertz CT molecular complexity index is 1330. The number of carbonyl (C=O) groups is 3. The summed E-state index contributed by atoms with van der Waals surface area (Å²) in [4.78, 5) is 42.1. The molecule has 0 aliphatic carbocycles. The molecule has 1 heterocycles. The van der Waals surface area contributed by atoms with Crippen LogP contribution in [-0.2, 0) is 16.1 Å². The number of anilines is 2. The van der Waals surface area contributed by atoms with Crippen molar-refractivity contribution in [3.8, 4) is 0 Å². The maximum atomic E-state index is 13.7. The Balaban J connectivity index is 1.53. The molecule has 39 heavy (non-hydrogen) atoms. The maximum absolute atomic E-state index is 13.7. The van der Waals surface area contributed by atoms with Gasteiger partial charge in [-0.2, -0.15) is 0 Å². The predicted molar refractivity (Wildman–Crippen MR) is 144 cm³/mol. The number of ether oxygens (including phenoxy) is 1. The zero-order valence-electron chi connectivity index (χ0n) is 21.6. The Morgan fingerprint density at radius 2 is 1.69 bits per heavy atom. The van der Waals surface area contributed by atoms with Crippen LogP contribution in [0.5, 0.6) is 0 Å². The first-order chi connectivity index (χ1) is 18.8. The Kier molecular flexibility index (Phi) is 9.22. The number of amides is 3. The van der Waals surface area contributed by atoms with Crippen LogP contribution in [0, 0.1) is 11.6 Å². The van der Waals surface area contributed by atoms with E-state index in [0.29, 0.717) is 55.1 Å². The molecule has 0 aromatic heterocycles. The van der Waals surface area contributed by atoms with Gasteiger partial charge in [0.2, 0.25) is 5.91 Å². The van der Waals surface area contributed by atoms with E-state index in [9.17, 15) is 23.2 Å². The second-order valence-electron chi connectivity index (χ2n) is 9.17. The highest BCUT2D eigenvalue weighted by Gasteiger charge is 2.24. The lowest BCUT2D eigenvalue weighted by molar-refractivity contribution is -0.119. The van der Waals surface area contributed by atoms with Crippen LogP contribution in [0.2, 0.25) is 0 Å². The van der Waals surface area contributed by atoms with Crippen molar-refractivity contribution in [1.82, 2.24) is 10.2 Å². The molecular formula is C29H30F2N4O4. The van der Waals surface area contributed by atoms with Gasteiger partial charge in [-0.05, 0) is 60.5 Å². The summed E-state index contributed by atoms with van der Waals surface area (Å²) in [6.45, 7) is 1.97. The van der Waals surface area contributed by atoms with Crippen molar-refractivity contribution in [3.05, 3.63) is 95.1 Å². The van der Waals surface area contributed by atoms with E-state index < -0.39 is 5.82 Å².